The fraction of sp³-hybridized carbons (Fsp3) is 0.588. The lowest BCUT2D eigenvalue weighted by molar-refractivity contribution is -0.132. The highest BCUT2D eigenvalue weighted by molar-refractivity contribution is 7.11. The van der Waals surface area contributed by atoms with Gasteiger partial charge in [-0.2, -0.15) is 0 Å². The lowest BCUT2D eigenvalue weighted by Gasteiger charge is -2.33. The van der Waals surface area contributed by atoms with E-state index in [1.807, 2.05) is 38.1 Å². The van der Waals surface area contributed by atoms with Crippen molar-refractivity contribution in [3.05, 3.63) is 33.8 Å². The zero-order chi connectivity index (χ0) is 16.4. The van der Waals surface area contributed by atoms with Crippen LogP contribution in [0.2, 0.25) is 0 Å². The normalized spacial score (nSPS) is 18.4. The molecule has 2 aromatic rings. The Morgan fingerprint density at radius 1 is 1.39 bits per heavy atom. The van der Waals surface area contributed by atoms with E-state index in [1.54, 1.807) is 11.3 Å². The number of imidazole rings is 1. The molecular weight excluding hydrogens is 308 g/mol. The number of aromatic nitrogens is 3. The highest BCUT2D eigenvalue weighted by Gasteiger charge is 2.25. The smallest absolute Gasteiger partial charge is 0.227 e. The van der Waals surface area contributed by atoms with Crippen LogP contribution >= 0.6 is 11.3 Å². The maximum absolute atomic E-state index is 12.6. The number of likely N-dealkylation sites (tertiary alicyclic amines) is 1. The minimum Gasteiger partial charge on any atom is -0.342 e. The third-order valence-electron chi connectivity index (χ3n) is 4.56. The lowest BCUT2D eigenvalue weighted by Crippen LogP contribution is -2.41. The summed E-state index contributed by atoms with van der Waals surface area (Å²) < 4.78 is 2.19. The van der Waals surface area contributed by atoms with Crippen molar-refractivity contribution in [1.29, 1.82) is 0 Å². The zero-order valence-corrected chi connectivity index (χ0v) is 14.9. The van der Waals surface area contributed by atoms with E-state index in [1.165, 1.54) is 6.42 Å². The summed E-state index contributed by atoms with van der Waals surface area (Å²) in [6, 6.07) is 0. The van der Waals surface area contributed by atoms with Crippen molar-refractivity contribution in [2.75, 3.05) is 13.1 Å². The highest BCUT2D eigenvalue weighted by Crippen LogP contribution is 2.22. The molecule has 1 saturated heterocycles. The van der Waals surface area contributed by atoms with Crippen LogP contribution in [0.25, 0.3) is 0 Å². The molecule has 0 saturated carbocycles. The molecule has 0 radical (unpaired) electrons. The zero-order valence-electron chi connectivity index (χ0n) is 14.1. The number of rotatable bonds is 4. The van der Waals surface area contributed by atoms with Crippen LogP contribution in [0.4, 0.5) is 0 Å². The minimum absolute atomic E-state index is 0.240. The maximum Gasteiger partial charge on any atom is 0.227 e. The second kappa shape index (κ2) is 6.83. The van der Waals surface area contributed by atoms with Gasteiger partial charge in [-0.3, -0.25) is 4.79 Å². The Kier molecular flexibility index (Phi) is 4.80. The monoisotopic (exact) mass is 332 g/mol. The third-order valence-corrected chi connectivity index (χ3v) is 5.63. The van der Waals surface area contributed by atoms with Crippen LogP contribution in [0.3, 0.4) is 0 Å². The van der Waals surface area contributed by atoms with E-state index in [9.17, 15) is 4.79 Å². The summed E-state index contributed by atoms with van der Waals surface area (Å²) in [6.07, 6.45) is 6.63. The molecule has 3 rings (SSSR count). The first-order valence-corrected chi connectivity index (χ1v) is 9.03. The molecule has 3 heterocycles. The Labute approximate surface area is 141 Å². The number of nitrogens with zero attached hydrogens (tertiary/aromatic N) is 4. The van der Waals surface area contributed by atoms with E-state index < -0.39 is 0 Å². The van der Waals surface area contributed by atoms with Gasteiger partial charge in [0.05, 0.1) is 17.1 Å². The van der Waals surface area contributed by atoms with Gasteiger partial charge >= 0.3 is 0 Å². The predicted octanol–water partition coefficient (Wildman–Crippen LogP) is 2.75. The molecule has 0 N–H and O–H groups in total. The standard InChI is InChI=1S/C17H24N4OS/c1-12-16(23-14(3)19-12)9-17(22)21-7-4-5-15(11-21)10-20-8-6-18-13(20)2/h6,8,15H,4-5,7,9-11H2,1-3H3. The van der Waals surface area contributed by atoms with Crippen LogP contribution in [0.15, 0.2) is 12.4 Å². The Morgan fingerprint density at radius 2 is 2.22 bits per heavy atom. The van der Waals surface area contributed by atoms with Crippen LogP contribution in [-0.4, -0.2) is 38.4 Å². The molecule has 1 amide bonds. The fourth-order valence-corrected chi connectivity index (χ4v) is 4.23. The van der Waals surface area contributed by atoms with Gasteiger partial charge in [0.1, 0.15) is 5.82 Å². The predicted molar refractivity (Wildman–Crippen MR) is 91.6 cm³/mol. The van der Waals surface area contributed by atoms with Gasteiger partial charge in [0.2, 0.25) is 5.91 Å². The molecule has 23 heavy (non-hydrogen) atoms. The largest absolute Gasteiger partial charge is 0.342 e. The van der Waals surface area contributed by atoms with Crippen LogP contribution in [0.5, 0.6) is 0 Å². The fourth-order valence-electron chi connectivity index (χ4n) is 3.30. The first kappa shape index (κ1) is 16.2. The van der Waals surface area contributed by atoms with E-state index >= 15 is 0 Å². The van der Waals surface area contributed by atoms with E-state index in [0.29, 0.717) is 12.3 Å². The molecule has 2 aromatic heterocycles. The summed E-state index contributed by atoms with van der Waals surface area (Å²) in [6.45, 7) is 8.71. The van der Waals surface area contributed by atoms with Gasteiger partial charge in [-0.1, -0.05) is 0 Å². The number of amides is 1. The molecule has 1 unspecified atom stereocenters. The van der Waals surface area contributed by atoms with Gasteiger partial charge in [-0.05, 0) is 39.5 Å². The average molecular weight is 332 g/mol. The van der Waals surface area contributed by atoms with Crippen LogP contribution < -0.4 is 0 Å². The van der Waals surface area contributed by atoms with E-state index in [0.717, 1.165) is 47.5 Å². The maximum atomic E-state index is 12.6. The van der Waals surface area contributed by atoms with E-state index in [4.69, 9.17) is 0 Å². The average Bonchev–Trinajstić information content (AvgIpc) is 3.05. The molecule has 1 aliphatic rings. The molecule has 0 aromatic carbocycles. The number of piperidine rings is 1. The van der Waals surface area contributed by atoms with Crippen molar-refractivity contribution in [3.8, 4) is 0 Å². The van der Waals surface area contributed by atoms with Crippen LogP contribution in [0.1, 0.15) is 34.2 Å². The van der Waals surface area contributed by atoms with Crippen LogP contribution in [-0.2, 0) is 17.8 Å². The van der Waals surface area contributed by atoms with Crippen molar-refractivity contribution in [2.24, 2.45) is 5.92 Å². The van der Waals surface area contributed by atoms with Gasteiger partial charge in [-0.25, -0.2) is 9.97 Å². The Hall–Kier alpha value is -1.69. The third kappa shape index (κ3) is 3.80. The minimum atomic E-state index is 0.240. The van der Waals surface area contributed by atoms with E-state index in [-0.39, 0.29) is 5.91 Å². The number of carbonyl (C=O) groups is 1. The summed E-state index contributed by atoms with van der Waals surface area (Å²) in [5, 5.41) is 1.04. The first-order valence-electron chi connectivity index (χ1n) is 8.21. The van der Waals surface area contributed by atoms with Gasteiger partial charge in [0, 0.05) is 36.9 Å². The molecule has 0 bridgehead atoms. The number of hydrogen-bond acceptors (Lipinski definition) is 4. The second-order valence-corrected chi connectivity index (χ2v) is 7.68. The topological polar surface area (TPSA) is 51.0 Å². The molecule has 1 aliphatic heterocycles. The molecule has 0 spiro atoms. The summed E-state index contributed by atoms with van der Waals surface area (Å²) in [5.74, 6) is 1.80. The summed E-state index contributed by atoms with van der Waals surface area (Å²) in [5.41, 5.74) is 1.00. The van der Waals surface area contributed by atoms with Crippen molar-refractivity contribution in [1.82, 2.24) is 19.4 Å². The lowest BCUT2D eigenvalue weighted by atomic mass is 9.97. The van der Waals surface area contributed by atoms with Crippen LogP contribution in [0, 0.1) is 26.7 Å². The highest BCUT2D eigenvalue weighted by atomic mass is 32.1. The number of hydrogen-bond donors (Lipinski definition) is 0. The molecule has 0 aliphatic carbocycles. The van der Waals surface area contributed by atoms with Gasteiger partial charge in [0.25, 0.3) is 0 Å². The van der Waals surface area contributed by atoms with Crippen molar-refractivity contribution >= 4 is 17.2 Å². The van der Waals surface area contributed by atoms with Gasteiger partial charge in [0.15, 0.2) is 0 Å². The molecular formula is C17H24N4OS. The van der Waals surface area contributed by atoms with Crippen molar-refractivity contribution < 1.29 is 4.79 Å². The molecule has 1 atom stereocenters. The Balaban J connectivity index is 1.60. The molecule has 5 nitrogen and oxygen atoms in total. The van der Waals surface area contributed by atoms with E-state index in [2.05, 4.69) is 14.5 Å². The number of carbonyl (C=O) groups excluding carboxylic acids is 1. The summed E-state index contributed by atoms with van der Waals surface area (Å²) >= 11 is 1.64. The first-order chi connectivity index (χ1) is 11.0. The summed E-state index contributed by atoms with van der Waals surface area (Å²) in [4.78, 5) is 24.5. The molecule has 6 heteroatoms. The molecule has 124 valence electrons. The number of thiazole rings is 1. The Bertz CT molecular complexity index is 691. The second-order valence-electron chi connectivity index (χ2n) is 6.39. The Morgan fingerprint density at radius 3 is 2.87 bits per heavy atom. The number of aryl methyl sites for hydroxylation is 3. The van der Waals surface area contributed by atoms with Gasteiger partial charge < -0.3 is 9.47 Å². The molecule has 1 fully saturated rings. The quantitative estimate of drug-likeness (QED) is 0.865. The van der Waals surface area contributed by atoms with Gasteiger partial charge in [-0.15, -0.1) is 11.3 Å². The summed E-state index contributed by atoms with van der Waals surface area (Å²) in [7, 11) is 0. The SMILES string of the molecule is Cc1nc(C)c(CC(=O)N2CCCC(Cn3ccnc3C)C2)s1. The van der Waals surface area contributed by atoms with Crippen molar-refractivity contribution in [3.63, 3.8) is 0 Å². The van der Waals surface area contributed by atoms with Crippen molar-refractivity contribution in [2.45, 2.75) is 46.6 Å².